The van der Waals surface area contributed by atoms with E-state index in [0.29, 0.717) is 11.9 Å². The van der Waals surface area contributed by atoms with Crippen molar-refractivity contribution in [3.63, 3.8) is 0 Å². The Balaban J connectivity index is 1.76. The Morgan fingerprint density at radius 3 is 2.67 bits per heavy atom. The molecule has 3 aliphatic rings. The lowest BCUT2D eigenvalue weighted by Crippen LogP contribution is -3.16. The summed E-state index contributed by atoms with van der Waals surface area (Å²) in [6.45, 7) is 2.81. The number of sulfonamides is 1. The quantitative estimate of drug-likeness (QED) is 0.445. The van der Waals surface area contributed by atoms with E-state index < -0.39 is 14.9 Å². The number of rotatable bonds is 3. The molecular weight excluding hydrogens is 332 g/mol. The van der Waals surface area contributed by atoms with Crippen molar-refractivity contribution in [2.45, 2.75) is 24.5 Å². The standard InChI is InChI=1S/C15H20N4O4S/c1-16-9-15(16)17-6-5-14-12(8-17)11-7-10(19(20)21)3-4-13(11)18(14)24(2,22)23/h3-4,7,12,14-15H,5-6,8-9H2,1-2H3/p+1. The average molecular weight is 353 g/mol. The number of likely N-dealkylation sites (tertiary alicyclic amines) is 1. The number of quaternary nitrogens is 1. The van der Waals surface area contributed by atoms with E-state index in [4.69, 9.17) is 0 Å². The lowest BCUT2D eigenvalue weighted by Gasteiger charge is -2.35. The Hall–Kier alpha value is -1.71. The molecule has 1 aromatic rings. The summed E-state index contributed by atoms with van der Waals surface area (Å²) in [7, 11) is -1.33. The number of anilines is 1. The summed E-state index contributed by atoms with van der Waals surface area (Å²) in [5.74, 6) is 0.0207. The molecule has 0 aromatic heterocycles. The van der Waals surface area contributed by atoms with Crippen LogP contribution in [0, 0.1) is 10.1 Å². The van der Waals surface area contributed by atoms with Crippen molar-refractivity contribution in [2.24, 2.45) is 0 Å². The first kappa shape index (κ1) is 15.8. The first-order valence-electron chi connectivity index (χ1n) is 8.10. The van der Waals surface area contributed by atoms with E-state index in [-0.39, 0.29) is 17.6 Å². The molecule has 3 heterocycles. The molecule has 5 atom stereocenters. The second-order valence-electron chi connectivity index (χ2n) is 7.09. The first-order chi connectivity index (χ1) is 11.3. The van der Waals surface area contributed by atoms with Crippen LogP contribution in [-0.4, -0.2) is 63.4 Å². The van der Waals surface area contributed by atoms with Crippen LogP contribution in [0.5, 0.6) is 0 Å². The van der Waals surface area contributed by atoms with Gasteiger partial charge in [-0.2, -0.15) is 0 Å². The van der Waals surface area contributed by atoms with Crippen molar-refractivity contribution < 1.29 is 18.2 Å². The highest BCUT2D eigenvalue weighted by Crippen LogP contribution is 2.45. The summed E-state index contributed by atoms with van der Waals surface area (Å²) in [5, 5.41) is 11.1. The minimum atomic E-state index is -3.41. The molecule has 5 unspecified atom stereocenters. The topological polar surface area (TPSA) is 88.0 Å². The number of fused-ring (bicyclic) bond motifs is 3. The molecule has 0 aliphatic carbocycles. The zero-order valence-corrected chi connectivity index (χ0v) is 14.5. The highest BCUT2D eigenvalue weighted by molar-refractivity contribution is 7.92. The van der Waals surface area contributed by atoms with E-state index in [1.807, 2.05) is 0 Å². The van der Waals surface area contributed by atoms with Gasteiger partial charge >= 0.3 is 0 Å². The number of hydrogen-bond donors (Lipinski definition) is 1. The average Bonchev–Trinajstić information content (AvgIpc) is 3.14. The maximum absolute atomic E-state index is 12.3. The molecule has 2 saturated heterocycles. The molecule has 0 spiro atoms. The highest BCUT2D eigenvalue weighted by Gasteiger charge is 2.51. The van der Waals surface area contributed by atoms with Gasteiger partial charge in [-0.15, -0.1) is 0 Å². The summed E-state index contributed by atoms with van der Waals surface area (Å²) >= 11 is 0. The number of nitro groups is 1. The number of nitro benzene ring substituents is 1. The minimum Gasteiger partial charge on any atom is -0.318 e. The van der Waals surface area contributed by atoms with Crippen LogP contribution < -0.4 is 9.21 Å². The van der Waals surface area contributed by atoms with Crippen LogP contribution in [0.4, 0.5) is 11.4 Å². The van der Waals surface area contributed by atoms with E-state index in [1.165, 1.54) is 21.5 Å². The van der Waals surface area contributed by atoms with E-state index in [9.17, 15) is 18.5 Å². The van der Waals surface area contributed by atoms with Crippen LogP contribution in [0.3, 0.4) is 0 Å². The molecule has 0 amide bonds. The fraction of sp³-hybridized carbons (Fsp3) is 0.600. The zero-order valence-electron chi connectivity index (χ0n) is 13.7. The van der Waals surface area contributed by atoms with Gasteiger partial charge in [0.2, 0.25) is 10.0 Å². The number of nitrogens with one attached hydrogen (secondary N) is 1. The molecule has 2 fully saturated rings. The maximum atomic E-state index is 12.3. The zero-order chi connectivity index (χ0) is 17.2. The van der Waals surface area contributed by atoms with Crippen LogP contribution in [0.15, 0.2) is 18.2 Å². The number of non-ortho nitro benzene ring substituents is 1. The van der Waals surface area contributed by atoms with Gasteiger partial charge in [-0.3, -0.25) is 14.4 Å². The third kappa shape index (κ3) is 2.38. The monoisotopic (exact) mass is 353 g/mol. The Kier molecular flexibility index (Phi) is 3.38. The van der Waals surface area contributed by atoms with E-state index >= 15 is 0 Å². The molecule has 4 rings (SSSR count). The SMILES string of the molecule is CN1CC1[NH+]1CCC2C(C1)c1cc([N+](=O)[O-])ccc1N2S(C)(=O)=O. The van der Waals surface area contributed by atoms with Crippen molar-refractivity contribution in [2.75, 3.05) is 37.2 Å². The van der Waals surface area contributed by atoms with Gasteiger partial charge in [-0.1, -0.05) is 0 Å². The van der Waals surface area contributed by atoms with Gasteiger partial charge in [0.05, 0.1) is 48.5 Å². The van der Waals surface area contributed by atoms with Crippen LogP contribution in [0.1, 0.15) is 17.9 Å². The molecule has 24 heavy (non-hydrogen) atoms. The number of hydrogen-bond acceptors (Lipinski definition) is 5. The van der Waals surface area contributed by atoms with Gasteiger partial charge in [0.25, 0.3) is 5.69 Å². The Morgan fingerprint density at radius 2 is 2.08 bits per heavy atom. The predicted octanol–water partition coefficient (Wildman–Crippen LogP) is -0.613. The van der Waals surface area contributed by atoms with Crippen LogP contribution in [0.25, 0.3) is 0 Å². The summed E-state index contributed by atoms with van der Waals surface area (Å²) in [5.41, 5.74) is 1.45. The van der Waals surface area contributed by atoms with Crippen molar-refractivity contribution in [1.82, 2.24) is 4.90 Å². The summed E-state index contributed by atoms with van der Waals surface area (Å²) in [6.07, 6.45) is 2.49. The van der Waals surface area contributed by atoms with Crippen molar-refractivity contribution >= 4 is 21.4 Å². The van der Waals surface area contributed by atoms with Crippen molar-refractivity contribution in [3.8, 4) is 0 Å². The predicted molar refractivity (Wildman–Crippen MR) is 88.7 cm³/mol. The fourth-order valence-electron chi connectivity index (χ4n) is 4.38. The van der Waals surface area contributed by atoms with Gasteiger partial charge in [0.15, 0.2) is 6.17 Å². The molecule has 1 aromatic carbocycles. The van der Waals surface area contributed by atoms with Gasteiger partial charge in [-0.05, 0) is 18.7 Å². The second kappa shape index (κ2) is 5.14. The number of nitrogens with zero attached hydrogens (tertiary/aromatic N) is 3. The smallest absolute Gasteiger partial charge is 0.269 e. The molecule has 1 N–H and O–H groups in total. The van der Waals surface area contributed by atoms with E-state index in [2.05, 4.69) is 11.9 Å². The third-order valence-corrected chi connectivity index (χ3v) is 6.74. The molecule has 9 heteroatoms. The van der Waals surface area contributed by atoms with Gasteiger partial charge < -0.3 is 4.90 Å². The van der Waals surface area contributed by atoms with Gasteiger partial charge in [0, 0.05) is 18.6 Å². The summed E-state index contributed by atoms with van der Waals surface area (Å²) in [6, 6.07) is 4.44. The number of benzene rings is 1. The first-order valence-corrected chi connectivity index (χ1v) is 9.95. The van der Waals surface area contributed by atoms with E-state index in [1.54, 1.807) is 12.1 Å². The molecule has 3 aliphatic heterocycles. The second-order valence-corrected chi connectivity index (χ2v) is 8.95. The fourth-order valence-corrected chi connectivity index (χ4v) is 5.65. The molecule has 0 radical (unpaired) electrons. The molecular formula is C15H21N4O4S+. The lowest BCUT2D eigenvalue weighted by molar-refractivity contribution is -0.921. The number of piperidine rings is 1. The molecule has 0 bridgehead atoms. The van der Waals surface area contributed by atoms with Crippen molar-refractivity contribution in [3.05, 3.63) is 33.9 Å². The van der Waals surface area contributed by atoms with Crippen molar-refractivity contribution in [1.29, 1.82) is 0 Å². The van der Waals surface area contributed by atoms with Gasteiger partial charge in [0.1, 0.15) is 0 Å². The molecule has 8 nitrogen and oxygen atoms in total. The Morgan fingerprint density at radius 1 is 1.38 bits per heavy atom. The normalized spacial score (nSPS) is 34.6. The van der Waals surface area contributed by atoms with Crippen LogP contribution >= 0.6 is 0 Å². The minimum absolute atomic E-state index is 0.0207. The Labute approximate surface area is 140 Å². The Bertz CT molecular complexity index is 812. The molecule has 130 valence electrons. The largest absolute Gasteiger partial charge is 0.318 e. The number of likely N-dealkylation sites (N-methyl/N-ethyl adjacent to an activating group) is 1. The third-order valence-electron chi connectivity index (χ3n) is 5.56. The van der Waals surface area contributed by atoms with Crippen LogP contribution in [0.2, 0.25) is 0 Å². The summed E-state index contributed by atoms with van der Waals surface area (Å²) in [4.78, 5) is 14.4. The van der Waals surface area contributed by atoms with Gasteiger partial charge in [-0.25, -0.2) is 13.3 Å². The maximum Gasteiger partial charge on any atom is 0.269 e. The van der Waals surface area contributed by atoms with Crippen LogP contribution in [-0.2, 0) is 10.0 Å². The summed E-state index contributed by atoms with van der Waals surface area (Å²) < 4.78 is 26.1. The molecule has 0 saturated carbocycles. The van der Waals surface area contributed by atoms with E-state index in [0.717, 1.165) is 31.6 Å². The highest BCUT2D eigenvalue weighted by atomic mass is 32.2. The lowest BCUT2D eigenvalue weighted by atomic mass is 9.89.